The molecule has 3 heterocycles. The first-order valence-electron chi connectivity index (χ1n) is 7.70. The van der Waals surface area contributed by atoms with E-state index >= 15 is 0 Å². The minimum absolute atomic E-state index is 0.207. The first kappa shape index (κ1) is 15.1. The summed E-state index contributed by atoms with van der Waals surface area (Å²) >= 11 is 0. The minimum atomic E-state index is 0.207. The second-order valence-corrected chi connectivity index (χ2v) is 5.56. The largest absolute Gasteiger partial charge is 0.374 e. The Balaban J connectivity index is 1.74. The molecule has 3 rings (SSSR count). The Morgan fingerprint density at radius 1 is 1.27 bits per heavy atom. The van der Waals surface area contributed by atoms with Crippen LogP contribution in [0.1, 0.15) is 42.9 Å². The van der Waals surface area contributed by atoms with Crippen LogP contribution in [0.2, 0.25) is 0 Å². The lowest BCUT2D eigenvalue weighted by Crippen LogP contribution is -2.37. The second kappa shape index (κ2) is 6.50. The first-order valence-corrected chi connectivity index (χ1v) is 7.70. The van der Waals surface area contributed by atoms with Crippen molar-refractivity contribution in [3.8, 4) is 0 Å². The molecule has 7 heteroatoms. The molecule has 0 N–H and O–H groups in total. The molecule has 0 aromatic carbocycles. The molecular formula is C15H22N6O. The van der Waals surface area contributed by atoms with Crippen molar-refractivity contribution in [1.82, 2.24) is 29.6 Å². The van der Waals surface area contributed by atoms with E-state index in [4.69, 9.17) is 4.74 Å². The molecule has 0 bridgehead atoms. The van der Waals surface area contributed by atoms with Crippen LogP contribution in [-0.4, -0.2) is 42.8 Å². The molecule has 118 valence electrons. The van der Waals surface area contributed by atoms with Gasteiger partial charge in [0.15, 0.2) is 5.82 Å². The average Bonchev–Trinajstić information content (AvgIpc) is 2.92. The Bertz CT molecular complexity index is 641. The highest BCUT2D eigenvalue weighted by molar-refractivity contribution is 5.06. The summed E-state index contributed by atoms with van der Waals surface area (Å²) in [7, 11) is 0. The van der Waals surface area contributed by atoms with Crippen LogP contribution in [0.25, 0.3) is 0 Å². The molecule has 22 heavy (non-hydrogen) atoms. The molecular weight excluding hydrogens is 280 g/mol. The fourth-order valence-electron chi connectivity index (χ4n) is 2.80. The van der Waals surface area contributed by atoms with Crippen molar-refractivity contribution in [3.05, 3.63) is 35.4 Å². The van der Waals surface area contributed by atoms with Crippen molar-refractivity contribution in [2.75, 3.05) is 13.2 Å². The van der Waals surface area contributed by atoms with Crippen LogP contribution in [0, 0.1) is 6.92 Å². The van der Waals surface area contributed by atoms with E-state index < -0.39 is 0 Å². The number of hydrogen-bond donors (Lipinski definition) is 0. The van der Waals surface area contributed by atoms with E-state index in [1.54, 1.807) is 6.20 Å². The van der Waals surface area contributed by atoms with E-state index in [0.29, 0.717) is 13.2 Å². The lowest BCUT2D eigenvalue weighted by molar-refractivity contribution is 0.117. The van der Waals surface area contributed by atoms with Gasteiger partial charge >= 0.3 is 0 Å². The van der Waals surface area contributed by atoms with Crippen molar-refractivity contribution < 1.29 is 4.74 Å². The number of ether oxygens (including phenoxy) is 1. The van der Waals surface area contributed by atoms with E-state index in [9.17, 15) is 0 Å². The monoisotopic (exact) mass is 302 g/mol. The second-order valence-electron chi connectivity index (χ2n) is 5.56. The Hall–Kier alpha value is -1.86. The Morgan fingerprint density at radius 2 is 2.14 bits per heavy atom. The fraction of sp³-hybridized carbons (Fsp3) is 0.600. The van der Waals surface area contributed by atoms with E-state index in [1.165, 1.54) is 0 Å². The summed E-state index contributed by atoms with van der Waals surface area (Å²) in [6.07, 6.45) is 3.61. The molecule has 1 aliphatic rings. The van der Waals surface area contributed by atoms with Gasteiger partial charge in [0.2, 0.25) is 0 Å². The molecule has 0 amide bonds. The van der Waals surface area contributed by atoms with Gasteiger partial charge in [-0.25, -0.2) is 0 Å². The quantitative estimate of drug-likeness (QED) is 0.833. The molecule has 1 aliphatic heterocycles. The molecule has 0 fully saturated rings. The Kier molecular flexibility index (Phi) is 4.44. The number of fused-ring (bicyclic) bond motifs is 1. The minimum Gasteiger partial charge on any atom is -0.374 e. The maximum atomic E-state index is 5.46. The molecule has 2 aromatic heterocycles. The van der Waals surface area contributed by atoms with Crippen LogP contribution in [-0.2, 0) is 24.4 Å². The van der Waals surface area contributed by atoms with E-state index in [1.807, 2.05) is 20.0 Å². The van der Waals surface area contributed by atoms with Crippen LogP contribution in [0.5, 0.6) is 0 Å². The van der Waals surface area contributed by atoms with Gasteiger partial charge in [-0.1, -0.05) is 0 Å². The van der Waals surface area contributed by atoms with E-state index in [-0.39, 0.29) is 6.04 Å². The number of hydrogen-bond acceptors (Lipinski definition) is 6. The van der Waals surface area contributed by atoms with Crippen molar-refractivity contribution in [2.45, 2.75) is 46.5 Å². The summed E-state index contributed by atoms with van der Waals surface area (Å²) in [4.78, 5) is 11.1. The fourth-order valence-corrected chi connectivity index (χ4v) is 2.80. The van der Waals surface area contributed by atoms with Crippen LogP contribution in [0.3, 0.4) is 0 Å². The van der Waals surface area contributed by atoms with Crippen LogP contribution < -0.4 is 0 Å². The smallest absolute Gasteiger partial charge is 0.159 e. The highest BCUT2D eigenvalue weighted by atomic mass is 16.5. The highest BCUT2D eigenvalue weighted by Crippen LogP contribution is 2.25. The van der Waals surface area contributed by atoms with Gasteiger partial charge in [0.05, 0.1) is 17.4 Å². The molecule has 7 nitrogen and oxygen atoms in total. The Labute approximate surface area is 130 Å². The topological polar surface area (TPSA) is 69.0 Å². The number of nitrogens with zero attached hydrogens (tertiary/aromatic N) is 6. The van der Waals surface area contributed by atoms with Gasteiger partial charge < -0.3 is 9.30 Å². The number of aromatic nitrogens is 5. The molecule has 0 aliphatic carbocycles. The van der Waals surface area contributed by atoms with Gasteiger partial charge in [0, 0.05) is 38.6 Å². The van der Waals surface area contributed by atoms with Gasteiger partial charge in [-0.05, 0) is 20.8 Å². The van der Waals surface area contributed by atoms with Gasteiger partial charge in [-0.3, -0.25) is 14.9 Å². The van der Waals surface area contributed by atoms with Crippen LogP contribution in [0.4, 0.5) is 0 Å². The van der Waals surface area contributed by atoms with E-state index in [0.717, 1.165) is 42.7 Å². The maximum absolute atomic E-state index is 5.46. The van der Waals surface area contributed by atoms with Crippen molar-refractivity contribution in [1.29, 1.82) is 0 Å². The van der Waals surface area contributed by atoms with E-state index in [2.05, 4.69) is 36.6 Å². The standard InChI is InChI=1S/C15H22N6O/c1-4-22-10-14-18-19-15-12(3)20(5-6-21(14)15)9-13-8-16-7-11(2)17-13/h7-8,12H,4-6,9-10H2,1-3H3/t12-/m0/s1. The molecule has 0 spiro atoms. The maximum Gasteiger partial charge on any atom is 0.159 e. The highest BCUT2D eigenvalue weighted by Gasteiger charge is 2.28. The third kappa shape index (κ3) is 3.00. The Morgan fingerprint density at radius 3 is 2.91 bits per heavy atom. The summed E-state index contributed by atoms with van der Waals surface area (Å²) in [6, 6.07) is 0.207. The summed E-state index contributed by atoms with van der Waals surface area (Å²) in [6.45, 7) is 9.94. The lowest BCUT2D eigenvalue weighted by Gasteiger charge is -2.33. The molecule has 0 saturated carbocycles. The zero-order valence-corrected chi connectivity index (χ0v) is 13.4. The van der Waals surface area contributed by atoms with Gasteiger partial charge in [0.25, 0.3) is 0 Å². The van der Waals surface area contributed by atoms with Gasteiger partial charge in [-0.2, -0.15) is 0 Å². The summed E-state index contributed by atoms with van der Waals surface area (Å²) in [5.41, 5.74) is 1.94. The lowest BCUT2D eigenvalue weighted by atomic mass is 10.2. The summed E-state index contributed by atoms with van der Waals surface area (Å²) in [5, 5.41) is 8.63. The van der Waals surface area contributed by atoms with Crippen molar-refractivity contribution in [3.63, 3.8) is 0 Å². The molecule has 0 saturated heterocycles. The van der Waals surface area contributed by atoms with Gasteiger partial charge in [-0.15, -0.1) is 10.2 Å². The zero-order valence-electron chi connectivity index (χ0n) is 13.4. The predicted molar refractivity (Wildman–Crippen MR) is 80.9 cm³/mol. The normalized spacial score (nSPS) is 18.4. The third-order valence-electron chi connectivity index (χ3n) is 3.99. The zero-order chi connectivity index (χ0) is 15.5. The van der Waals surface area contributed by atoms with Crippen LogP contribution >= 0.6 is 0 Å². The van der Waals surface area contributed by atoms with Crippen molar-refractivity contribution >= 4 is 0 Å². The van der Waals surface area contributed by atoms with Crippen LogP contribution in [0.15, 0.2) is 12.4 Å². The first-order chi connectivity index (χ1) is 10.7. The van der Waals surface area contributed by atoms with Gasteiger partial charge in [0.1, 0.15) is 12.4 Å². The summed E-state index contributed by atoms with van der Waals surface area (Å²) in [5.74, 6) is 1.92. The SMILES string of the molecule is CCOCc1nnc2n1CCN(Cc1cncc(C)n1)[C@H]2C. The molecule has 2 aromatic rings. The van der Waals surface area contributed by atoms with Crippen molar-refractivity contribution in [2.24, 2.45) is 0 Å². The summed E-state index contributed by atoms with van der Waals surface area (Å²) < 4.78 is 7.64. The number of aryl methyl sites for hydroxylation is 1. The molecule has 0 radical (unpaired) electrons. The average molecular weight is 302 g/mol. The predicted octanol–water partition coefficient (Wildman–Crippen LogP) is 1.49. The molecule has 1 atom stereocenters. The third-order valence-corrected chi connectivity index (χ3v) is 3.99. The number of rotatable bonds is 5. The molecule has 0 unspecified atom stereocenters.